The van der Waals surface area contributed by atoms with Crippen LogP contribution in [0, 0.1) is 0 Å². The molecular formula is C10H16N2O2. The second-order valence-corrected chi connectivity index (χ2v) is 3.55. The third-order valence-corrected chi connectivity index (χ3v) is 2.49. The monoisotopic (exact) mass is 196 g/mol. The Kier molecular flexibility index (Phi) is 3.16. The van der Waals surface area contributed by atoms with E-state index in [1.165, 1.54) is 12.8 Å². The summed E-state index contributed by atoms with van der Waals surface area (Å²) in [5, 5.41) is 3.07. The number of ether oxygens (including phenoxy) is 1. The first kappa shape index (κ1) is 9.68. The quantitative estimate of drug-likeness (QED) is 0.798. The van der Waals surface area contributed by atoms with Crippen molar-refractivity contribution >= 4 is 0 Å². The molecule has 0 amide bonds. The predicted octanol–water partition coefficient (Wildman–Crippen LogP) is 1.64. The summed E-state index contributed by atoms with van der Waals surface area (Å²) in [5.41, 5.74) is 0.972. The molecule has 2 rings (SSSR count). The fourth-order valence-electron chi connectivity index (χ4n) is 1.79. The van der Waals surface area contributed by atoms with E-state index in [2.05, 4.69) is 10.3 Å². The van der Waals surface area contributed by atoms with E-state index in [1.807, 2.05) is 7.05 Å². The molecule has 0 aromatic carbocycles. The van der Waals surface area contributed by atoms with Gasteiger partial charge in [-0.25, -0.2) is 4.98 Å². The Morgan fingerprint density at radius 1 is 1.57 bits per heavy atom. The lowest BCUT2D eigenvalue weighted by Gasteiger charge is -2.21. The largest absolute Gasteiger partial charge is 0.445 e. The van der Waals surface area contributed by atoms with Crippen LogP contribution in [0.4, 0.5) is 0 Å². The second-order valence-electron chi connectivity index (χ2n) is 3.55. The molecule has 1 unspecified atom stereocenters. The van der Waals surface area contributed by atoms with Crippen molar-refractivity contribution in [1.82, 2.24) is 10.3 Å². The number of nitrogens with zero attached hydrogens (tertiary/aromatic N) is 1. The lowest BCUT2D eigenvalue weighted by Crippen LogP contribution is -2.14. The first-order valence-corrected chi connectivity index (χ1v) is 5.10. The van der Waals surface area contributed by atoms with Crippen molar-refractivity contribution in [2.24, 2.45) is 0 Å². The standard InChI is InChI=1S/C10H16N2O2/c1-11-6-8-10(14-7-12-8)9-4-2-3-5-13-9/h7,9,11H,2-6H2,1H3. The van der Waals surface area contributed by atoms with E-state index in [9.17, 15) is 0 Å². The number of hydrogen-bond donors (Lipinski definition) is 1. The van der Waals surface area contributed by atoms with Crippen LogP contribution in [-0.4, -0.2) is 18.6 Å². The van der Waals surface area contributed by atoms with Crippen LogP contribution in [0.3, 0.4) is 0 Å². The zero-order valence-corrected chi connectivity index (χ0v) is 8.45. The smallest absolute Gasteiger partial charge is 0.181 e. The van der Waals surface area contributed by atoms with Crippen molar-refractivity contribution in [2.45, 2.75) is 31.9 Å². The Bertz CT molecular complexity index is 279. The molecule has 0 bridgehead atoms. The van der Waals surface area contributed by atoms with Gasteiger partial charge in [0.05, 0.1) is 5.69 Å². The summed E-state index contributed by atoms with van der Waals surface area (Å²) in [4.78, 5) is 4.17. The number of aromatic nitrogens is 1. The van der Waals surface area contributed by atoms with E-state index in [0.29, 0.717) is 0 Å². The second kappa shape index (κ2) is 4.57. The maximum absolute atomic E-state index is 5.65. The average molecular weight is 196 g/mol. The first-order chi connectivity index (χ1) is 6.92. The molecule has 0 radical (unpaired) electrons. The van der Waals surface area contributed by atoms with Crippen molar-refractivity contribution in [3.8, 4) is 0 Å². The molecule has 14 heavy (non-hydrogen) atoms. The molecule has 1 atom stereocenters. The summed E-state index contributed by atoms with van der Waals surface area (Å²) in [6, 6.07) is 0. The Morgan fingerprint density at radius 2 is 2.50 bits per heavy atom. The maximum atomic E-state index is 5.65. The highest BCUT2D eigenvalue weighted by molar-refractivity contribution is 5.10. The minimum atomic E-state index is 0.120. The Hall–Kier alpha value is -0.870. The van der Waals surface area contributed by atoms with E-state index in [0.717, 1.165) is 37.4 Å². The summed E-state index contributed by atoms with van der Waals surface area (Å²) in [6.07, 6.45) is 5.04. The van der Waals surface area contributed by atoms with Gasteiger partial charge in [0.25, 0.3) is 0 Å². The van der Waals surface area contributed by atoms with Gasteiger partial charge in [0.15, 0.2) is 12.2 Å². The summed E-state index contributed by atoms with van der Waals surface area (Å²) in [7, 11) is 1.90. The van der Waals surface area contributed by atoms with Crippen molar-refractivity contribution < 1.29 is 9.15 Å². The van der Waals surface area contributed by atoms with E-state index < -0.39 is 0 Å². The van der Waals surface area contributed by atoms with Gasteiger partial charge in [-0.2, -0.15) is 0 Å². The molecule has 1 aliphatic rings. The Balaban J connectivity index is 2.09. The summed E-state index contributed by atoms with van der Waals surface area (Å²) >= 11 is 0. The minimum Gasteiger partial charge on any atom is -0.445 e. The number of oxazole rings is 1. The first-order valence-electron chi connectivity index (χ1n) is 5.10. The van der Waals surface area contributed by atoms with Crippen LogP contribution >= 0.6 is 0 Å². The highest BCUT2D eigenvalue weighted by Gasteiger charge is 2.22. The van der Waals surface area contributed by atoms with Gasteiger partial charge in [-0.15, -0.1) is 0 Å². The SMILES string of the molecule is CNCc1ncoc1C1CCCCO1. The van der Waals surface area contributed by atoms with Gasteiger partial charge >= 0.3 is 0 Å². The number of hydrogen-bond acceptors (Lipinski definition) is 4. The number of rotatable bonds is 3. The molecule has 1 fully saturated rings. The Morgan fingerprint density at radius 3 is 3.21 bits per heavy atom. The fourth-order valence-corrected chi connectivity index (χ4v) is 1.79. The van der Waals surface area contributed by atoms with Crippen molar-refractivity contribution in [3.05, 3.63) is 17.8 Å². The van der Waals surface area contributed by atoms with Gasteiger partial charge in [0, 0.05) is 13.2 Å². The number of nitrogens with one attached hydrogen (secondary N) is 1. The van der Waals surface area contributed by atoms with Crippen molar-refractivity contribution in [3.63, 3.8) is 0 Å². The molecule has 0 saturated carbocycles. The third kappa shape index (κ3) is 1.96. The lowest BCUT2D eigenvalue weighted by atomic mass is 10.1. The molecule has 1 saturated heterocycles. The molecular weight excluding hydrogens is 180 g/mol. The van der Waals surface area contributed by atoms with Crippen LogP contribution < -0.4 is 5.32 Å². The molecule has 2 heterocycles. The van der Waals surface area contributed by atoms with Crippen molar-refractivity contribution in [2.75, 3.05) is 13.7 Å². The van der Waals surface area contributed by atoms with E-state index >= 15 is 0 Å². The molecule has 1 aliphatic heterocycles. The van der Waals surface area contributed by atoms with Crippen LogP contribution in [0.5, 0.6) is 0 Å². The molecule has 1 aromatic rings. The van der Waals surface area contributed by atoms with E-state index in [-0.39, 0.29) is 6.10 Å². The molecule has 0 aliphatic carbocycles. The van der Waals surface area contributed by atoms with E-state index in [1.54, 1.807) is 0 Å². The van der Waals surface area contributed by atoms with Crippen LogP contribution in [0.15, 0.2) is 10.8 Å². The molecule has 1 aromatic heterocycles. The van der Waals surface area contributed by atoms with Gasteiger partial charge in [-0.3, -0.25) is 0 Å². The molecule has 4 heteroatoms. The molecule has 78 valence electrons. The summed E-state index contributed by atoms with van der Waals surface area (Å²) < 4.78 is 11.0. The molecule has 4 nitrogen and oxygen atoms in total. The van der Waals surface area contributed by atoms with Gasteiger partial charge in [0.1, 0.15) is 6.10 Å². The summed E-state index contributed by atoms with van der Waals surface area (Å²) in [6.45, 7) is 1.58. The lowest BCUT2D eigenvalue weighted by molar-refractivity contribution is 0.00114. The fraction of sp³-hybridized carbons (Fsp3) is 0.700. The highest BCUT2D eigenvalue weighted by atomic mass is 16.5. The predicted molar refractivity (Wildman–Crippen MR) is 51.8 cm³/mol. The third-order valence-electron chi connectivity index (χ3n) is 2.49. The van der Waals surface area contributed by atoms with Crippen LogP contribution in [0.2, 0.25) is 0 Å². The van der Waals surface area contributed by atoms with Gasteiger partial charge < -0.3 is 14.5 Å². The zero-order chi connectivity index (χ0) is 9.80. The van der Waals surface area contributed by atoms with Crippen LogP contribution in [-0.2, 0) is 11.3 Å². The summed E-state index contributed by atoms with van der Waals surface area (Å²) in [5.74, 6) is 0.902. The van der Waals surface area contributed by atoms with Crippen LogP contribution in [0.1, 0.15) is 36.8 Å². The van der Waals surface area contributed by atoms with Gasteiger partial charge in [-0.05, 0) is 26.3 Å². The van der Waals surface area contributed by atoms with Crippen molar-refractivity contribution in [1.29, 1.82) is 0 Å². The zero-order valence-electron chi connectivity index (χ0n) is 8.45. The highest BCUT2D eigenvalue weighted by Crippen LogP contribution is 2.29. The molecule has 0 spiro atoms. The topological polar surface area (TPSA) is 47.3 Å². The average Bonchev–Trinajstić information content (AvgIpc) is 2.68. The normalized spacial score (nSPS) is 22.5. The van der Waals surface area contributed by atoms with Crippen LogP contribution in [0.25, 0.3) is 0 Å². The Labute approximate surface area is 83.7 Å². The van der Waals surface area contributed by atoms with Gasteiger partial charge in [0.2, 0.25) is 0 Å². The van der Waals surface area contributed by atoms with Gasteiger partial charge in [-0.1, -0.05) is 0 Å². The van der Waals surface area contributed by atoms with E-state index in [4.69, 9.17) is 9.15 Å². The maximum Gasteiger partial charge on any atom is 0.181 e. The minimum absolute atomic E-state index is 0.120. The molecule has 1 N–H and O–H groups in total.